The van der Waals surface area contributed by atoms with Crippen LogP contribution in [0.4, 0.5) is 10.1 Å². The zero-order valence-corrected chi connectivity index (χ0v) is 13.0. The second-order valence-electron chi connectivity index (χ2n) is 4.87. The van der Waals surface area contributed by atoms with Crippen LogP contribution >= 0.6 is 0 Å². The number of nitrogens with zero attached hydrogens (tertiary/aromatic N) is 2. The zero-order chi connectivity index (χ0) is 15.7. The van der Waals surface area contributed by atoms with E-state index in [0.717, 1.165) is 17.8 Å². The summed E-state index contributed by atoms with van der Waals surface area (Å²) in [6.07, 6.45) is 0.427. The third-order valence-electron chi connectivity index (χ3n) is 3.37. The molecule has 0 aliphatic carbocycles. The average Bonchev–Trinajstić information content (AvgIpc) is 2.48. The largest absolute Gasteiger partial charge is 0.383 e. The van der Waals surface area contributed by atoms with Gasteiger partial charge in [-0.05, 0) is 37.2 Å². The van der Waals surface area contributed by atoms with Crippen LogP contribution in [0.5, 0.6) is 0 Å². The van der Waals surface area contributed by atoms with Crippen molar-refractivity contribution in [3.8, 4) is 6.07 Å². The number of halogens is 1. The minimum atomic E-state index is -0.245. The summed E-state index contributed by atoms with van der Waals surface area (Å²) in [6, 6.07) is 7.02. The number of hydrogen-bond acceptors (Lipinski definition) is 4. The first kappa shape index (κ1) is 17.4. The van der Waals surface area contributed by atoms with E-state index in [-0.39, 0.29) is 11.9 Å². The smallest absolute Gasteiger partial charge is 0.123 e. The van der Waals surface area contributed by atoms with E-state index in [9.17, 15) is 4.39 Å². The monoisotopic (exact) mass is 293 g/mol. The van der Waals surface area contributed by atoms with Gasteiger partial charge in [0.05, 0.1) is 19.1 Å². The Kier molecular flexibility index (Phi) is 7.73. The summed E-state index contributed by atoms with van der Waals surface area (Å²) in [5.74, 6) is -0.245. The van der Waals surface area contributed by atoms with Crippen LogP contribution in [0.25, 0.3) is 0 Å². The quantitative estimate of drug-likeness (QED) is 0.760. The number of anilines is 1. The van der Waals surface area contributed by atoms with Crippen molar-refractivity contribution in [2.45, 2.75) is 26.3 Å². The van der Waals surface area contributed by atoms with Gasteiger partial charge in [0, 0.05) is 31.9 Å². The van der Waals surface area contributed by atoms with Gasteiger partial charge in [0.15, 0.2) is 0 Å². The highest BCUT2D eigenvalue weighted by Crippen LogP contribution is 2.27. The maximum atomic E-state index is 13.6. The Morgan fingerprint density at radius 1 is 1.43 bits per heavy atom. The summed E-state index contributed by atoms with van der Waals surface area (Å²) >= 11 is 0. The Bertz CT molecular complexity index is 473. The van der Waals surface area contributed by atoms with Gasteiger partial charge in [-0.2, -0.15) is 5.26 Å². The lowest BCUT2D eigenvalue weighted by Crippen LogP contribution is -2.30. The molecule has 0 saturated heterocycles. The topological polar surface area (TPSA) is 48.3 Å². The van der Waals surface area contributed by atoms with Crippen molar-refractivity contribution in [2.75, 3.05) is 38.3 Å². The Balaban J connectivity index is 3.07. The molecule has 1 aromatic carbocycles. The van der Waals surface area contributed by atoms with Crippen LogP contribution in [0.15, 0.2) is 18.2 Å². The van der Waals surface area contributed by atoms with Gasteiger partial charge in [-0.3, -0.25) is 0 Å². The van der Waals surface area contributed by atoms with E-state index < -0.39 is 0 Å². The Morgan fingerprint density at radius 3 is 2.81 bits per heavy atom. The summed E-state index contributed by atoms with van der Waals surface area (Å²) in [5.41, 5.74) is 1.86. The van der Waals surface area contributed by atoms with Gasteiger partial charge in [0.2, 0.25) is 0 Å². The predicted octanol–water partition coefficient (Wildman–Crippen LogP) is 2.86. The molecule has 0 radical (unpaired) electrons. The second-order valence-corrected chi connectivity index (χ2v) is 4.87. The Morgan fingerprint density at radius 2 is 2.19 bits per heavy atom. The molecule has 1 rings (SSSR count). The van der Waals surface area contributed by atoms with Crippen molar-refractivity contribution in [1.82, 2.24) is 5.32 Å². The molecule has 0 spiro atoms. The fraction of sp³-hybridized carbons (Fsp3) is 0.562. The SMILES string of the molecule is CCNC(C)c1cc(F)ccc1N(CCC#N)CCOC. The number of rotatable bonds is 9. The lowest BCUT2D eigenvalue weighted by atomic mass is 10.0. The molecule has 21 heavy (non-hydrogen) atoms. The number of ether oxygens (including phenoxy) is 1. The minimum Gasteiger partial charge on any atom is -0.383 e. The number of hydrogen-bond donors (Lipinski definition) is 1. The average molecular weight is 293 g/mol. The summed E-state index contributed by atoms with van der Waals surface area (Å²) in [4.78, 5) is 2.08. The molecular weight excluding hydrogens is 269 g/mol. The number of nitriles is 1. The fourth-order valence-corrected chi connectivity index (χ4v) is 2.32. The molecule has 0 aliphatic heterocycles. The van der Waals surface area contributed by atoms with Gasteiger partial charge in [0.1, 0.15) is 5.82 Å². The number of nitrogens with one attached hydrogen (secondary N) is 1. The molecular formula is C16H24FN3O. The van der Waals surface area contributed by atoms with Gasteiger partial charge in [-0.25, -0.2) is 4.39 Å². The van der Waals surface area contributed by atoms with Gasteiger partial charge in [-0.1, -0.05) is 6.92 Å². The first-order chi connectivity index (χ1) is 10.1. The minimum absolute atomic E-state index is 0.0489. The second kappa shape index (κ2) is 9.32. The van der Waals surface area contributed by atoms with Crippen LogP contribution in [0, 0.1) is 17.1 Å². The van der Waals surface area contributed by atoms with Crippen LogP contribution < -0.4 is 10.2 Å². The van der Waals surface area contributed by atoms with Crippen molar-refractivity contribution < 1.29 is 9.13 Å². The summed E-state index contributed by atoms with van der Waals surface area (Å²) in [6.45, 7) is 6.70. The molecule has 4 nitrogen and oxygen atoms in total. The summed E-state index contributed by atoms with van der Waals surface area (Å²) < 4.78 is 18.7. The van der Waals surface area contributed by atoms with Gasteiger partial charge >= 0.3 is 0 Å². The van der Waals surface area contributed by atoms with Crippen LogP contribution in [0.1, 0.15) is 31.9 Å². The molecule has 0 heterocycles. The molecule has 5 heteroatoms. The van der Waals surface area contributed by atoms with Crippen LogP contribution in [0.3, 0.4) is 0 Å². The van der Waals surface area contributed by atoms with E-state index in [4.69, 9.17) is 10.00 Å². The van der Waals surface area contributed by atoms with E-state index in [2.05, 4.69) is 16.3 Å². The van der Waals surface area contributed by atoms with Crippen molar-refractivity contribution in [2.24, 2.45) is 0 Å². The van der Waals surface area contributed by atoms with Crippen molar-refractivity contribution >= 4 is 5.69 Å². The fourth-order valence-electron chi connectivity index (χ4n) is 2.32. The van der Waals surface area contributed by atoms with E-state index in [1.807, 2.05) is 13.8 Å². The van der Waals surface area contributed by atoms with E-state index in [0.29, 0.717) is 26.1 Å². The Hall–Kier alpha value is -1.64. The lowest BCUT2D eigenvalue weighted by Gasteiger charge is -2.28. The molecule has 0 saturated carbocycles. The molecule has 0 aliphatic rings. The molecule has 116 valence electrons. The van der Waals surface area contributed by atoms with Crippen LogP contribution in [-0.4, -0.2) is 33.4 Å². The first-order valence-electron chi connectivity index (χ1n) is 7.27. The molecule has 0 fully saturated rings. The molecule has 0 amide bonds. The number of benzene rings is 1. The third-order valence-corrected chi connectivity index (χ3v) is 3.37. The van der Waals surface area contributed by atoms with Crippen molar-refractivity contribution in [3.63, 3.8) is 0 Å². The first-order valence-corrected chi connectivity index (χ1v) is 7.27. The highest BCUT2D eigenvalue weighted by atomic mass is 19.1. The molecule has 1 N–H and O–H groups in total. The van der Waals surface area contributed by atoms with E-state index in [1.165, 1.54) is 6.07 Å². The van der Waals surface area contributed by atoms with Crippen LogP contribution in [0.2, 0.25) is 0 Å². The summed E-state index contributed by atoms with van der Waals surface area (Å²) in [7, 11) is 1.65. The van der Waals surface area contributed by atoms with Gasteiger partial charge in [-0.15, -0.1) is 0 Å². The predicted molar refractivity (Wildman–Crippen MR) is 82.8 cm³/mol. The molecule has 0 aromatic heterocycles. The van der Waals surface area contributed by atoms with Crippen molar-refractivity contribution in [1.29, 1.82) is 5.26 Å². The Labute approximate surface area is 126 Å². The van der Waals surface area contributed by atoms with Crippen LogP contribution in [-0.2, 0) is 4.74 Å². The molecule has 0 bridgehead atoms. The lowest BCUT2D eigenvalue weighted by molar-refractivity contribution is 0.205. The zero-order valence-electron chi connectivity index (χ0n) is 13.0. The van der Waals surface area contributed by atoms with E-state index in [1.54, 1.807) is 19.2 Å². The highest BCUT2D eigenvalue weighted by Gasteiger charge is 2.16. The highest BCUT2D eigenvalue weighted by molar-refractivity contribution is 5.55. The maximum absolute atomic E-state index is 13.6. The van der Waals surface area contributed by atoms with Gasteiger partial charge < -0.3 is 15.0 Å². The number of methoxy groups -OCH3 is 1. The normalized spacial score (nSPS) is 12.0. The molecule has 1 aromatic rings. The molecule has 1 atom stereocenters. The standard InChI is InChI=1S/C16H24FN3O/c1-4-19-13(2)15-12-14(17)6-7-16(15)20(9-5-8-18)10-11-21-3/h6-7,12-13,19H,4-5,9-11H2,1-3H3. The summed E-state index contributed by atoms with van der Waals surface area (Å²) in [5, 5.41) is 12.1. The molecule has 1 unspecified atom stereocenters. The van der Waals surface area contributed by atoms with Crippen molar-refractivity contribution in [3.05, 3.63) is 29.6 Å². The van der Waals surface area contributed by atoms with Gasteiger partial charge in [0.25, 0.3) is 0 Å². The third kappa shape index (κ3) is 5.33. The maximum Gasteiger partial charge on any atom is 0.123 e. The van der Waals surface area contributed by atoms with E-state index >= 15 is 0 Å².